The zero-order chi connectivity index (χ0) is 14.0. The molecule has 0 atom stereocenters. The van der Waals surface area contributed by atoms with E-state index in [0.29, 0.717) is 0 Å². The van der Waals surface area contributed by atoms with Gasteiger partial charge in [-0.15, -0.1) is 12.3 Å². The molecular weight excluding hydrogens is 246 g/mol. The van der Waals surface area contributed by atoms with Crippen LogP contribution >= 0.6 is 0 Å². The Morgan fingerprint density at radius 3 is 1.53 bits per heavy atom. The van der Waals surface area contributed by atoms with Gasteiger partial charge in [0.05, 0.1) is 8.07 Å². The minimum Gasteiger partial charge on any atom is -0.306 e. The van der Waals surface area contributed by atoms with Gasteiger partial charge in [0, 0.05) is 0 Å². The van der Waals surface area contributed by atoms with Gasteiger partial charge in [-0.05, 0) is 32.1 Å². The molecule has 112 valence electrons. The van der Waals surface area contributed by atoms with E-state index >= 15 is 0 Å². The predicted molar refractivity (Wildman–Crippen MR) is 90.3 cm³/mol. The van der Waals surface area contributed by atoms with E-state index in [1.54, 1.807) is 0 Å². The Balaban J connectivity index is 2.39. The smallest absolute Gasteiger partial charge is 0.0854 e. The van der Waals surface area contributed by atoms with Crippen molar-refractivity contribution in [1.82, 2.24) is 4.90 Å². The van der Waals surface area contributed by atoms with Crippen LogP contribution in [0.15, 0.2) is 12.3 Å². The van der Waals surface area contributed by atoms with E-state index in [1.807, 2.05) is 0 Å². The molecule has 0 aromatic rings. The molecule has 0 unspecified atom stereocenters. The van der Waals surface area contributed by atoms with Gasteiger partial charge >= 0.3 is 0 Å². The van der Waals surface area contributed by atoms with Crippen molar-refractivity contribution >= 4 is 8.07 Å². The van der Waals surface area contributed by atoms with Crippen LogP contribution in [-0.2, 0) is 0 Å². The van der Waals surface area contributed by atoms with E-state index < -0.39 is 8.07 Å². The zero-order valence-electron chi connectivity index (χ0n) is 13.4. The molecule has 0 radical (unpaired) electrons. The van der Waals surface area contributed by atoms with Crippen LogP contribution in [0.3, 0.4) is 0 Å². The summed E-state index contributed by atoms with van der Waals surface area (Å²) in [6.07, 6.45) is 15.8. The molecule has 0 aromatic carbocycles. The average Bonchev–Trinajstić information content (AvgIpc) is 2.40. The first-order valence-corrected chi connectivity index (χ1v) is 11.8. The molecule has 0 amide bonds. The molecule has 1 aliphatic rings. The monoisotopic (exact) mass is 281 g/mol. The van der Waals surface area contributed by atoms with Crippen molar-refractivity contribution in [3.63, 3.8) is 0 Å². The van der Waals surface area contributed by atoms with E-state index in [1.165, 1.54) is 83.5 Å². The summed E-state index contributed by atoms with van der Waals surface area (Å²) in [6.45, 7) is 11.6. The third-order valence-corrected chi connectivity index (χ3v) is 6.75. The quantitative estimate of drug-likeness (QED) is 0.645. The molecule has 2 heteroatoms. The second-order valence-electron chi connectivity index (χ2n) is 7.00. The summed E-state index contributed by atoms with van der Waals surface area (Å²) in [5.41, 5.74) is 2.26. The Hall–Kier alpha value is -0.0831. The van der Waals surface area contributed by atoms with E-state index in [4.69, 9.17) is 0 Å². The fraction of sp³-hybridized carbons (Fsp3) is 0.882. The molecule has 1 nitrogen and oxygen atoms in total. The van der Waals surface area contributed by atoms with Crippen LogP contribution in [-0.4, -0.2) is 32.2 Å². The second kappa shape index (κ2) is 9.76. The lowest BCUT2D eigenvalue weighted by molar-refractivity contribution is 0.296. The third kappa shape index (κ3) is 8.64. The van der Waals surface area contributed by atoms with E-state index in [2.05, 4.69) is 30.3 Å². The minimum absolute atomic E-state index is 1.18. The van der Waals surface area contributed by atoms with Crippen molar-refractivity contribution in [2.75, 3.05) is 19.3 Å². The van der Waals surface area contributed by atoms with Gasteiger partial charge in [-0.3, -0.25) is 0 Å². The van der Waals surface area contributed by atoms with Gasteiger partial charge in [0.1, 0.15) is 0 Å². The molecule has 0 aromatic heterocycles. The molecule has 0 bridgehead atoms. The number of hydrogen-bond donors (Lipinski definition) is 0. The summed E-state index contributed by atoms with van der Waals surface area (Å²) in [7, 11) is -1.18. The maximum atomic E-state index is 4.05. The lowest BCUT2D eigenvalue weighted by Crippen LogP contribution is -2.42. The lowest BCUT2D eigenvalue weighted by atomic mass is 10.1. The molecule has 0 saturated carbocycles. The highest BCUT2D eigenvalue weighted by Crippen LogP contribution is 2.14. The van der Waals surface area contributed by atoms with Gasteiger partial charge in [0.25, 0.3) is 0 Å². The number of nitrogens with zero attached hydrogens (tertiary/aromatic N) is 1. The van der Waals surface area contributed by atoms with Crippen LogP contribution in [0.1, 0.15) is 64.2 Å². The maximum Gasteiger partial charge on any atom is 0.0854 e. The largest absolute Gasteiger partial charge is 0.306 e. The molecule has 0 spiro atoms. The lowest BCUT2D eigenvalue weighted by Gasteiger charge is -2.29. The summed E-state index contributed by atoms with van der Waals surface area (Å²) in [4.78, 5) is 2.74. The minimum atomic E-state index is -1.18. The van der Waals surface area contributed by atoms with E-state index in [-0.39, 0.29) is 0 Å². The van der Waals surface area contributed by atoms with Crippen molar-refractivity contribution in [2.45, 2.75) is 77.3 Å². The Morgan fingerprint density at radius 1 is 0.789 bits per heavy atom. The normalized spacial score (nSPS) is 22.0. The molecule has 19 heavy (non-hydrogen) atoms. The van der Waals surface area contributed by atoms with Crippen LogP contribution in [0.25, 0.3) is 0 Å². The van der Waals surface area contributed by atoms with Gasteiger partial charge < -0.3 is 4.90 Å². The highest BCUT2D eigenvalue weighted by atomic mass is 28.3. The van der Waals surface area contributed by atoms with Gasteiger partial charge in [-0.1, -0.05) is 64.5 Å². The first-order valence-electron chi connectivity index (χ1n) is 8.50. The highest BCUT2D eigenvalue weighted by molar-refractivity contribution is 6.82. The van der Waals surface area contributed by atoms with Crippen LogP contribution in [0.4, 0.5) is 0 Å². The molecule has 0 aliphatic carbocycles. The Morgan fingerprint density at radius 2 is 1.16 bits per heavy atom. The third-order valence-electron chi connectivity index (χ3n) is 4.38. The summed E-state index contributed by atoms with van der Waals surface area (Å²) >= 11 is 0. The van der Waals surface area contributed by atoms with Crippen molar-refractivity contribution < 1.29 is 0 Å². The zero-order valence-corrected chi connectivity index (χ0v) is 14.4. The molecule has 0 N–H and O–H groups in total. The fourth-order valence-electron chi connectivity index (χ4n) is 3.00. The van der Waals surface area contributed by atoms with Crippen molar-refractivity contribution in [3.8, 4) is 0 Å². The average molecular weight is 282 g/mol. The van der Waals surface area contributed by atoms with Crippen molar-refractivity contribution in [2.24, 2.45) is 0 Å². The van der Waals surface area contributed by atoms with Gasteiger partial charge in [-0.25, -0.2) is 0 Å². The van der Waals surface area contributed by atoms with Gasteiger partial charge in [-0.2, -0.15) is 0 Å². The summed E-state index contributed by atoms with van der Waals surface area (Å²) in [5.74, 6) is 0. The molecule has 1 saturated heterocycles. The maximum absolute atomic E-state index is 4.05. The topological polar surface area (TPSA) is 3.24 Å². The molecule has 1 rings (SSSR count). The van der Waals surface area contributed by atoms with Crippen LogP contribution in [0.2, 0.25) is 13.1 Å². The number of rotatable bonds is 3. The predicted octanol–water partition coefficient (Wildman–Crippen LogP) is 5.18. The van der Waals surface area contributed by atoms with E-state index in [9.17, 15) is 0 Å². The van der Waals surface area contributed by atoms with Crippen LogP contribution in [0.5, 0.6) is 0 Å². The standard InChI is InChI=1S/C17H35NSi/c1-4-19(2,3)17-18-15-13-11-9-7-5-6-8-10-12-14-16-18/h4H,1,5-17H2,2-3H3. The molecular formula is C17H35NSi. The van der Waals surface area contributed by atoms with Gasteiger partial charge in [0.15, 0.2) is 0 Å². The fourth-order valence-corrected chi connectivity index (χ4v) is 4.59. The van der Waals surface area contributed by atoms with Crippen molar-refractivity contribution in [1.29, 1.82) is 0 Å². The SMILES string of the molecule is C=C[Si](C)(C)CN1CCCCCCCCCCCC1. The van der Waals surface area contributed by atoms with Crippen LogP contribution in [0, 0.1) is 0 Å². The number of hydrogen-bond acceptors (Lipinski definition) is 1. The van der Waals surface area contributed by atoms with Crippen molar-refractivity contribution in [3.05, 3.63) is 12.3 Å². The summed E-state index contributed by atoms with van der Waals surface area (Å²) in [6, 6.07) is 0. The first-order chi connectivity index (χ1) is 9.14. The Labute approximate surface area is 122 Å². The Kier molecular flexibility index (Phi) is 8.72. The summed E-state index contributed by atoms with van der Waals surface area (Å²) < 4.78 is 0. The second-order valence-corrected chi connectivity index (χ2v) is 11.7. The van der Waals surface area contributed by atoms with Gasteiger partial charge in [0.2, 0.25) is 0 Å². The summed E-state index contributed by atoms with van der Waals surface area (Å²) in [5, 5.41) is 0. The molecule has 1 aliphatic heterocycles. The van der Waals surface area contributed by atoms with E-state index in [0.717, 1.165) is 0 Å². The first kappa shape index (κ1) is 17.0. The molecule has 1 fully saturated rings. The molecule has 1 heterocycles. The highest BCUT2D eigenvalue weighted by Gasteiger charge is 2.20. The van der Waals surface area contributed by atoms with Crippen LogP contribution < -0.4 is 0 Å². The Bertz CT molecular complexity index is 223.